The third-order valence-corrected chi connectivity index (χ3v) is 24.8. The van der Waals surface area contributed by atoms with Crippen LogP contribution in [0.15, 0.2) is 146 Å². The Balaban J connectivity index is 0.827. The summed E-state index contributed by atoms with van der Waals surface area (Å²) in [6.07, 6.45) is 13.5. The fraction of sp³-hybridized carbons (Fsp3) is 0.512. The van der Waals surface area contributed by atoms with Gasteiger partial charge in [-0.1, -0.05) is 158 Å². The molecule has 4 saturated heterocycles. The molecule has 4 aliphatic heterocycles. The first-order valence-electron chi connectivity index (χ1n) is 38.0. The quantitative estimate of drug-likeness (QED) is 0.0408. The van der Waals surface area contributed by atoms with Crippen LogP contribution >= 0.6 is 0 Å². The van der Waals surface area contributed by atoms with Crippen molar-refractivity contribution in [1.82, 2.24) is 0 Å². The largest absolute Gasteiger partial charge is 0.495 e. The normalized spacial score (nSPS) is 22.2. The van der Waals surface area contributed by atoms with Crippen molar-refractivity contribution in [3.8, 4) is 11.1 Å². The van der Waals surface area contributed by atoms with Gasteiger partial charge in [0.05, 0.1) is 44.8 Å². The van der Waals surface area contributed by atoms with Crippen LogP contribution in [0.3, 0.4) is 0 Å². The highest BCUT2D eigenvalue weighted by molar-refractivity contribution is 6.64. The third kappa shape index (κ3) is 14.1. The van der Waals surface area contributed by atoms with Crippen LogP contribution < -0.4 is 31.7 Å². The number of unbranched alkanes of at least 4 members (excludes halogenated alkanes) is 6. The maximum absolute atomic E-state index is 7.45. The Hall–Kier alpha value is -5.92. The molecule has 1 aliphatic carbocycles. The van der Waals surface area contributed by atoms with E-state index < -0.39 is 73.3 Å². The second kappa shape index (κ2) is 27.9. The first kappa shape index (κ1) is 73.8. The molecule has 0 amide bonds. The summed E-state index contributed by atoms with van der Waals surface area (Å²) in [5.74, 6) is 0.470. The van der Waals surface area contributed by atoms with Gasteiger partial charge in [-0.3, -0.25) is 0 Å². The highest BCUT2D eigenvalue weighted by Crippen LogP contribution is 2.52. The molecule has 0 spiro atoms. The molecule has 12 rings (SSSR count). The third-order valence-electron chi connectivity index (χ3n) is 24.8. The van der Waals surface area contributed by atoms with Crippen LogP contribution in [0.2, 0.25) is 0 Å². The number of nitrogens with zero attached hydrogens (tertiary/aromatic N) is 2. The first-order valence-corrected chi connectivity index (χ1v) is 38.0. The van der Waals surface area contributed by atoms with E-state index in [0.717, 1.165) is 101 Å². The van der Waals surface area contributed by atoms with E-state index in [0.29, 0.717) is 18.8 Å². The molecule has 100 heavy (non-hydrogen) atoms. The van der Waals surface area contributed by atoms with Crippen LogP contribution in [0, 0.1) is 6.92 Å². The highest BCUT2D eigenvalue weighted by atomic mass is 16.7. The van der Waals surface area contributed by atoms with E-state index in [2.05, 4.69) is 301 Å². The van der Waals surface area contributed by atoms with Gasteiger partial charge in [0, 0.05) is 39.5 Å². The number of rotatable bonds is 25. The van der Waals surface area contributed by atoms with E-state index in [1.54, 1.807) is 0 Å². The van der Waals surface area contributed by atoms with Gasteiger partial charge in [-0.25, -0.2) is 0 Å². The minimum atomic E-state index is -0.678. The van der Waals surface area contributed by atoms with E-state index in [9.17, 15) is 0 Å². The predicted molar refractivity (Wildman–Crippen MR) is 420 cm³/mol. The van der Waals surface area contributed by atoms with Gasteiger partial charge >= 0.3 is 28.5 Å². The lowest BCUT2D eigenvalue weighted by Crippen LogP contribution is -2.50. The second-order valence-electron chi connectivity index (χ2n) is 33.8. The number of anilines is 6. The summed E-state index contributed by atoms with van der Waals surface area (Å²) in [7, 11) is -2.07. The molecule has 14 heteroatoms. The molecule has 4 fully saturated rings. The fourth-order valence-corrected chi connectivity index (χ4v) is 15.5. The van der Waals surface area contributed by atoms with Gasteiger partial charge in [0.15, 0.2) is 0 Å². The van der Waals surface area contributed by atoms with Crippen molar-refractivity contribution in [1.29, 1.82) is 0 Å². The van der Waals surface area contributed by atoms with Gasteiger partial charge < -0.3 is 47.0 Å². The number of benzene rings is 7. The molecule has 10 nitrogen and oxygen atoms in total. The average Bonchev–Trinajstić information content (AvgIpc) is 1.58. The zero-order valence-electron chi connectivity index (χ0n) is 64.6. The van der Waals surface area contributed by atoms with Crippen LogP contribution in [0.1, 0.15) is 248 Å². The van der Waals surface area contributed by atoms with E-state index >= 15 is 0 Å². The number of hydrogen-bond donors (Lipinski definition) is 0. The monoisotopic (exact) mass is 1350 g/mol. The van der Waals surface area contributed by atoms with Crippen molar-refractivity contribution < 1.29 is 37.2 Å². The molecule has 0 saturated carbocycles. The van der Waals surface area contributed by atoms with E-state index in [1.807, 2.05) is 0 Å². The van der Waals surface area contributed by atoms with Crippen molar-refractivity contribution >= 4 is 84.4 Å². The second-order valence-corrected chi connectivity index (χ2v) is 33.8. The van der Waals surface area contributed by atoms with Crippen molar-refractivity contribution in [2.24, 2.45) is 0 Å². The minimum absolute atomic E-state index is 0.190. The summed E-state index contributed by atoms with van der Waals surface area (Å²) in [6.45, 7) is 46.3. The number of fused-ring (bicyclic) bond motifs is 3. The van der Waals surface area contributed by atoms with Crippen LogP contribution in [-0.2, 0) is 55.5 Å². The molecule has 0 aromatic heterocycles. The molecule has 7 aromatic rings. The molecule has 528 valence electrons. The molecular formula is C86H114B4N2O8. The maximum atomic E-state index is 7.45. The number of aryl methyl sites for hydroxylation is 3. The van der Waals surface area contributed by atoms with Gasteiger partial charge in [0.1, 0.15) is 0 Å². The van der Waals surface area contributed by atoms with Crippen LogP contribution in [0.25, 0.3) is 11.1 Å². The van der Waals surface area contributed by atoms with E-state index in [-0.39, 0.29) is 5.41 Å². The maximum Gasteiger partial charge on any atom is 0.495 e. The van der Waals surface area contributed by atoms with E-state index in [4.69, 9.17) is 37.2 Å². The Kier molecular flexibility index (Phi) is 20.6. The molecule has 0 radical (unpaired) electrons. The van der Waals surface area contributed by atoms with Crippen LogP contribution in [0.5, 0.6) is 0 Å². The summed E-state index contributed by atoms with van der Waals surface area (Å²) in [5.41, 5.74) is 16.5. The molecular weight excluding hydrogens is 1230 g/mol. The standard InChI is InChI=1S/C86H114B4N2O8/c1-22-25-27-29-31-62-56-69(47-51-76(62)89-95-81(12,13)82(14,15)96-89)92(71-46-50-73-72-49-33-59(4)55-74(72)78(6,7)75(73)58-71)70-48-52-77(63(57-70)32-30-28-26-23-2)90-98-84(18,19)86(21,100-90)54-53-85(20)83(16,17)97-88(99-85)65-38-44-68(45-39-65)91(66-40-34-61(35-41-66)60(5)24-3)67-42-36-64(37-43-67)87-93-79(8,9)80(10,11)94-87/h33-52,55-58,60H,22-32,53-54H2,1-21H3. The fourth-order valence-electron chi connectivity index (χ4n) is 15.5. The summed E-state index contributed by atoms with van der Waals surface area (Å²) in [4.78, 5) is 4.81. The Morgan fingerprint density at radius 2 is 0.700 bits per heavy atom. The Labute approximate surface area is 603 Å². The van der Waals surface area contributed by atoms with Gasteiger partial charge in [0.2, 0.25) is 0 Å². The zero-order valence-corrected chi connectivity index (χ0v) is 64.6. The molecule has 0 bridgehead atoms. The average molecular weight is 1350 g/mol. The topological polar surface area (TPSA) is 80.3 Å². The van der Waals surface area contributed by atoms with Crippen molar-refractivity contribution in [3.05, 3.63) is 179 Å². The summed E-state index contributed by atoms with van der Waals surface area (Å²) in [6, 6.07) is 54.5. The van der Waals surface area contributed by atoms with E-state index in [1.165, 1.54) is 70.2 Å². The Morgan fingerprint density at radius 1 is 0.350 bits per heavy atom. The zero-order chi connectivity index (χ0) is 71.8. The highest BCUT2D eigenvalue weighted by Gasteiger charge is 2.60. The summed E-state index contributed by atoms with van der Waals surface area (Å²) >= 11 is 0. The van der Waals surface area contributed by atoms with Crippen molar-refractivity contribution in [3.63, 3.8) is 0 Å². The van der Waals surface area contributed by atoms with Crippen molar-refractivity contribution in [2.75, 3.05) is 9.80 Å². The lowest BCUT2D eigenvalue weighted by Gasteiger charge is -2.42. The molecule has 0 N–H and O–H groups in total. The molecule has 7 aromatic carbocycles. The lowest BCUT2D eigenvalue weighted by molar-refractivity contribution is -0.0576. The first-order chi connectivity index (χ1) is 47.1. The molecule has 4 heterocycles. The van der Waals surface area contributed by atoms with Gasteiger partial charge in [-0.15, -0.1) is 0 Å². The summed E-state index contributed by atoms with van der Waals surface area (Å²) in [5, 5.41) is 0. The van der Waals surface area contributed by atoms with Gasteiger partial charge in [0.25, 0.3) is 0 Å². The lowest BCUT2D eigenvalue weighted by atomic mass is 9.74. The predicted octanol–water partition coefficient (Wildman–Crippen LogP) is 19.6. The smallest absolute Gasteiger partial charge is 0.399 e. The summed E-state index contributed by atoms with van der Waals surface area (Å²) < 4.78 is 55.5. The molecule has 5 aliphatic rings. The Bertz CT molecular complexity index is 4020. The van der Waals surface area contributed by atoms with Gasteiger partial charge in [-0.2, -0.15) is 0 Å². The Morgan fingerprint density at radius 3 is 1.16 bits per heavy atom. The molecule has 3 unspecified atom stereocenters. The SMILES string of the molecule is CCCCCCc1cc(N(c2ccc(B3OC(C)(C)C(C)(CCC4(C)OB(c5ccc(N(c6ccc(B7OC(C)(C)C(C)(C)O7)cc6)c6ccc(C(C)CC)cc6)cc5)OC4(C)C)O3)c(CCCCCC)c2)c2ccc3c(c2)C(C)(C)c2cc(C)ccc2-3)ccc1B1OC(C)(C)C(C)(C)O1. The van der Waals surface area contributed by atoms with Crippen molar-refractivity contribution in [2.45, 2.75) is 285 Å². The molecule has 3 atom stereocenters. The minimum Gasteiger partial charge on any atom is -0.399 e. The number of hydrogen-bond acceptors (Lipinski definition) is 10. The van der Waals surface area contributed by atoms with Crippen LogP contribution in [0.4, 0.5) is 34.1 Å². The van der Waals surface area contributed by atoms with Crippen LogP contribution in [-0.4, -0.2) is 73.3 Å². The van der Waals surface area contributed by atoms with Gasteiger partial charge in [-0.05, 0) is 288 Å².